The first kappa shape index (κ1) is 20.1. The van der Waals surface area contributed by atoms with Crippen molar-refractivity contribution >= 4 is 16.9 Å². The van der Waals surface area contributed by atoms with Gasteiger partial charge in [0.05, 0.1) is 10.9 Å². The summed E-state index contributed by atoms with van der Waals surface area (Å²) >= 11 is 0. The van der Waals surface area contributed by atoms with E-state index in [0.717, 1.165) is 18.4 Å². The Labute approximate surface area is 174 Å². The molecule has 30 heavy (non-hydrogen) atoms. The van der Waals surface area contributed by atoms with Gasteiger partial charge in [0.1, 0.15) is 0 Å². The third kappa shape index (κ3) is 3.56. The average molecular weight is 406 g/mol. The summed E-state index contributed by atoms with van der Waals surface area (Å²) in [6.07, 6.45) is 3.37. The van der Waals surface area contributed by atoms with Crippen LogP contribution in [0.5, 0.6) is 0 Å². The number of nitrogens with zero attached hydrogens (tertiary/aromatic N) is 2. The van der Waals surface area contributed by atoms with Gasteiger partial charge < -0.3 is 5.32 Å². The molecule has 0 saturated heterocycles. The molecule has 4 rings (SSSR count). The number of aryl methyl sites for hydroxylation is 3. The van der Waals surface area contributed by atoms with Crippen LogP contribution in [0.15, 0.2) is 33.9 Å². The lowest BCUT2D eigenvalue weighted by atomic mass is 10.0. The van der Waals surface area contributed by atoms with E-state index in [1.165, 1.54) is 22.1 Å². The highest BCUT2D eigenvalue weighted by atomic mass is 16.2. The quantitative estimate of drug-likeness (QED) is 0.681. The summed E-state index contributed by atoms with van der Waals surface area (Å²) in [6.45, 7) is 6.44. The minimum atomic E-state index is -0.592. The first-order valence-electron chi connectivity index (χ1n) is 10.5. The maximum Gasteiger partial charge on any atom is 0.329 e. The maximum absolute atomic E-state index is 13.1. The molecule has 1 aromatic carbocycles. The van der Waals surface area contributed by atoms with Gasteiger partial charge in [0, 0.05) is 18.8 Å². The van der Waals surface area contributed by atoms with Crippen LogP contribution >= 0.6 is 0 Å². The Hall–Kier alpha value is -3.22. The number of nitrogens with one attached hydrogen (secondary N) is 2. The minimum absolute atomic E-state index is 0.0392. The van der Waals surface area contributed by atoms with Gasteiger partial charge in [-0.15, -0.1) is 0 Å². The van der Waals surface area contributed by atoms with Crippen molar-refractivity contribution in [1.82, 2.24) is 19.9 Å². The molecule has 1 aliphatic carbocycles. The lowest BCUT2D eigenvalue weighted by molar-refractivity contribution is 0.0952. The molecule has 7 heteroatoms. The fourth-order valence-corrected chi connectivity index (χ4v) is 4.07. The lowest BCUT2D eigenvalue weighted by Crippen LogP contribution is -2.33. The molecule has 2 aromatic heterocycles. The number of aromatic amines is 1. The fraction of sp³-hybridized carbons (Fsp3) is 0.391. The fourth-order valence-electron chi connectivity index (χ4n) is 4.07. The van der Waals surface area contributed by atoms with Crippen LogP contribution in [-0.4, -0.2) is 20.4 Å². The number of benzene rings is 1. The zero-order valence-corrected chi connectivity index (χ0v) is 17.5. The lowest BCUT2D eigenvalue weighted by Gasteiger charge is -2.14. The molecule has 0 unspecified atom stereocenters. The molecule has 0 aliphatic heterocycles. The number of carbonyl (C=O) groups excluding carboxylic acids is 1. The number of hydrogen-bond donors (Lipinski definition) is 2. The van der Waals surface area contributed by atoms with Crippen LogP contribution in [0.25, 0.3) is 11.0 Å². The van der Waals surface area contributed by atoms with Crippen molar-refractivity contribution in [3.05, 3.63) is 73.1 Å². The van der Waals surface area contributed by atoms with Gasteiger partial charge in [-0.3, -0.25) is 19.1 Å². The molecule has 3 aromatic rings. The number of carbonyl (C=O) groups is 1. The minimum Gasteiger partial charge on any atom is -0.348 e. The predicted molar refractivity (Wildman–Crippen MR) is 116 cm³/mol. The molecule has 0 fully saturated rings. The van der Waals surface area contributed by atoms with E-state index >= 15 is 0 Å². The van der Waals surface area contributed by atoms with Crippen LogP contribution in [0.3, 0.4) is 0 Å². The molecule has 0 radical (unpaired) electrons. The Morgan fingerprint density at radius 2 is 1.97 bits per heavy atom. The maximum atomic E-state index is 13.1. The largest absolute Gasteiger partial charge is 0.348 e. The van der Waals surface area contributed by atoms with Crippen LogP contribution in [0.2, 0.25) is 0 Å². The second-order valence-electron chi connectivity index (χ2n) is 8.09. The van der Waals surface area contributed by atoms with Crippen molar-refractivity contribution in [3.8, 4) is 0 Å². The van der Waals surface area contributed by atoms with E-state index in [1.54, 1.807) is 13.0 Å². The number of aromatic nitrogens is 3. The summed E-state index contributed by atoms with van der Waals surface area (Å²) < 4.78 is 1.39. The van der Waals surface area contributed by atoms with E-state index in [9.17, 15) is 14.4 Å². The molecule has 7 nitrogen and oxygen atoms in total. The van der Waals surface area contributed by atoms with Crippen molar-refractivity contribution in [3.63, 3.8) is 0 Å². The zero-order chi connectivity index (χ0) is 21.4. The van der Waals surface area contributed by atoms with Crippen molar-refractivity contribution in [2.75, 3.05) is 0 Å². The van der Waals surface area contributed by atoms with Gasteiger partial charge >= 0.3 is 5.69 Å². The highest BCUT2D eigenvalue weighted by molar-refractivity contribution is 6.05. The van der Waals surface area contributed by atoms with Crippen LogP contribution in [-0.2, 0) is 25.9 Å². The molecule has 1 aliphatic rings. The number of fused-ring (bicyclic) bond motifs is 2. The standard InChI is InChI=1S/C23H26N4O3/c1-4-27-20-19(22(29)26-23(27)30)17(11-18(25-20)13(2)3)21(28)24-12-14-8-9-15-6-5-7-16(15)10-14/h8-11,13H,4-7,12H2,1-3H3,(H,24,28)(H,26,29,30). The summed E-state index contributed by atoms with van der Waals surface area (Å²) in [6, 6.07) is 7.97. The molecular formula is C23H26N4O3. The number of pyridine rings is 1. The number of hydrogen-bond acceptors (Lipinski definition) is 4. The van der Waals surface area contributed by atoms with Gasteiger partial charge in [-0.05, 0) is 54.9 Å². The van der Waals surface area contributed by atoms with Gasteiger partial charge in [-0.25, -0.2) is 9.78 Å². The van der Waals surface area contributed by atoms with Gasteiger partial charge in [0.2, 0.25) is 0 Å². The van der Waals surface area contributed by atoms with Crippen molar-refractivity contribution in [2.45, 2.75) is 59.0 Å². The molecule has 0 bridgehead atoms. The Morgan fingerprint density at radius 1 is 1.20 bits per heavy atom. The summed E-state index contributed by atoms with van der Waals surface area (Å²) in [7, 11) is 0. The van der Waals surface area contributed by atoms with E-state index in [4.69, 9.17) is 0 Å². The topological polar surface area (TPSA) is 96.9 Å². The van der Waals surface area contributed by atoms with E-state index < -0.39 is 11.2 Å². The SMILES string of the molecule is CCn1c(=O)[nH]c(=O)c2c(C(=O)NCc3ccc4c(c3)CCC4)cc(C(C)C)nc21. The summed E-state index contributed by atoms with van der Waals surface area (Å²) in [4.78, 5) is 44.7. The van der Waals surface area contributed by atoms with E-state index in [2.05, 4.69) is 27.4 Å². The highest BCUT2D eigenvalue weighted by Gasteiger charge is 2.20. The van der Waals surface area contributed by atoms with E-state index in [-0.39, 0.29) is 28.4 Å². The Bertz CT molecular complexity index is 1250. The first-order chi connectivity index (χ1) is 14.4. The smallest absolute Gasteiger partial charge is 0.329 e. The second kappa shape index (κ2) is 7.89. The summed E-state index contributed by atoms with van der Waals surface area (Å²) in [5, 5.41) is 3.08. The second-order valence-corrected chi connectivity index (χ2v) is 8.09. The first-order valence-corrected chi connectivity index (χ1v) is 10.5. The molecule has 0 saturated carbocycles. The van der Waals surface area contributed by atoms with Crippen LogP contribution in [0.1, 0.15) is 65.9 Å². The monoisotopic (exact) mass is 406 g/mol. The number of rotatable bonds is 5. The van der Waals surface area contributed by atoms with Gasteiger partial charge in [-0.2, -0.15) is 0 Å². The molecule has 156 valence electrons. The van der Waals surface area contributed by atoms with Crippen molar-refractivity contribution in [1.29, 1.82) is 0 Å². The van der Waals surface area contributed by atoms with Crippen LogP contribution in [0, 0.1) is 0 Å². The normalized spacial score (nSPS) is 13.1. The van der Waals surface area contributed by atoms with Gasteiger partial charge in [0.25, 0.3) is 11.5 Å². The third-order valence-corrected chi connectivity index (χ3v) is 5.74. The number of H-pyrrole nitrogens is 1. The predicted octanol–water partition coefficient (Wildman–Crippen LogP) is 2.65. The van der Waals surface area contributed by atoms with Crippen LogP contribution in [0.4, 0.5) is 0 Å². The third-order valence-electron chi connectivity index (χ3n) is 5.74. The molecule has 2 N–H and O–H groups in total. The summed E-state index contributed by atoms with van der Waals surface area (Å²) in [5.74, 6) is -0.311. The molecule has 1 amide bonds. The number of amides is 1. The van der Waals surface area contributed by atoms with Gasteiger partial charge in [0.15, 0.2) is 5.65 Å². The van der Waals surface area contributed by atoms with Crippen molar-refractivity contribution in [2.24, 2.45) is 0 Å². The highest BCUT2D eigenvalue weighted by Crippen LogP contribution is 2.23. The molecular weight excluding hydrogens is 380 g/mol. The van der Waals surface area contributed by atoms with Crippen molar-refractivity contribution < 1.29 is 4.79 Å². The molecule has 0 spiro atoms. The van der Waals surface area contributed by atoms with Gasteiger partial charge in [-0.1, -0.05) is 32.0 Å². The summed E-state index contributed by atoms with van der Waals surface area (Å²) in [5.41, 5.74) is 3.81. The Kier molecular flexibility index (Phi) is 5.28. The molecule has 0 atom stereocenters. The Morgan fingerprint density at radius 3 is 2.70 bits per heavy atom. The Balaban J connectivity index is 1.74. The van der Waals surface area contributed by atoms with E-state index in [0.29, 0.717) is 18.8 Å². The van der Waals surface area contributed by atoms with E-state index in [1.807, 2.05) is 19.9 Å². The van der Waals surface area contributed by atoms with Crippen LogP contribution < -0.4 is 16.6 Å². The molecule has 2 heterocycles. The average Bonchev–Trinajstić information content (AvgIpc) is 3.19. The zero-order valence-electron chi connectivity index (χ0n) is 17.5.